The van der Waals surface area contributed by atoms with Crippen molar-refractivity contribution in [2.75, 3.05) is 0 Å². The van der Waals surface area contributed by atoms with Crippen LogP contribution in [0.4, 0.5) is 13.2 Å². The van der Waals surface area contributed by atoms with E-state index in [9.17, 15) is 18.0 Å². The highest BCUT2D eigenvalue weighted by Gasteiger charge is 2.35. The number of alkyl halides is 3. The third-order valence-corrected chi connectivity index (χ3v) is 5.96. The Labute approximate surface area is 211 Å². The molecule has 0 bridgehead atoms. The van der Waals surface area contributed by atoms with Crippen molar-refractivity contribution in [3.63, 3.8) is 0 Å². The van der Waals surface area contributed by atoms with Crippen LogP contribution < -0.4 is 9.47 Å². The van der Waals surface area contributed by atoms with Crippen LogP contribution in [0.15, 0.2) is 91.3 Å². The molecule has 3 aromatic carbocycles. The first-order valence-electron chi connectivity index (χ1n) is 11.6. The van der Waals surface area contributed by atoms with Crippen LogP contribution in [0, 0.1) is 0 Å². The van der Waals surface area contributed by atoms with Gasteiger partial charge in [0, 0.05) is 18.8 Å². The molecule has 5 rings (SSSR count). The summed E-state index contributed by atoms with van der Waals surface area (Å²) in [7, 11) is 0. The zero-order valence-corrected chi connectivity index (χ0v) is 19.6. The maximum Gasteiger partial charge on any atom is 0.573 e. The summed E-state index contributed by atoms with van der Waals surface area (Å²) >= 11 is 0. The van der Waals surface area contributed by atoms with Crippen LogP contribution in [-0.2, 0) is 13.0 Å². The minimum absolute atomic E-state index is 0.173. The fraction of sp³-hybridized carbons (Fsp3) is 0.179. The normalized spacial score (nSPS) is 15.2. The van der Waals surface area contributed by atoms with Gasteiger partial charge in [0.2, 0.25) is 0 Å². The lowest BCUT2D eigenvalue weighted by molar-refractivity contribution is -0.274. The smallest absolute Gasteiger partial charge is 0.470 e. The number of hydrogen-bond acceptors (Lipinski definition) is 5. The molecule has 1 unspecified atom stereocenters. The number of aromatic nitrogens is 2. The molecule has 0 fully saturated rings. The van der Waals surface area contributed by atoms with Crippen molar-refractivity contribution in [1.82, 2.24) is 14.9 Å². The Morgan fingerprint density at radius 1 is 0.892 bits per heavy atom. The molecule has 0 aliphatic carbocycles. The van der Waals surface area contributed by atoms with Gasteiger partial charge in [0.1, 0.15) is 17.3 Å². The van der Waals surface area contributed by atoms with Gasteiger partial charge in [-0.3, -0.25) is 9.69 Å². The predicted octanol–water partition coefficient (Wildman–Crippen LogP) is 6.04. The van der Waals surface area contributed by atoms with Crippen molar-refractivity contribution in [1.29, 1.82) is 0 Å². The van der Waals surface area contributed by atoms with Crippen molar-refractivity contribution in [2.24, 2.45) is 0 Å². The molecule has 6 nitrogen and oxygen atoms in total. The first kappa shape index (κ1) is 24.3. The highest BCUT2D eigenvalue weighted by atomic mass is 19.4. The summed E-state index contributed by atoms with van der Waals surface area (Å²) in [5.41, 5.74) is 2.79. The second-order valence-corrected chi connectivity index (χ2v) is 8.48. The van der Waals surface area contributed by atoms with Gasteiger partial charge in [-0.05, 0) is 53.4 Å². The van der Waals surface area contributed by atoms with Crippen molar-refractivity contribution >= 4 is 5.91 Å². The highest BCUT2D eigenvalue weighted by molar-refractivity contribution is 5.99. The molecule has 37 heavy (non-hydrogen) atoms. The minimum Gasteiger partial charge on any atom is -0.470 e. The Balaban J connectivity index is 1.41. The van der Waals surface area contributed by atoms with Gasteiger partial charge < -0.3 is 9.47 Å². The molecule has 1 aromatic heterocycles. The largest absolute Gasteiger partial charge is 0.573 e. The summed E-state index contributed by atoms with van der Waals surface area (Å²) in [4.78, 5) is 23.8. The van der Waals surface area contributed by atoms with Gasteiger partial charge in [-0.2, -0.15) is 0 Å². The van der Waals surface area contributed by atoms with E-state index in [1.54, 1.807) is 41.6 Å². The predicted molar refractivity (Wildman–Crippen MR) is 130 cm³/mol. The number of halogens is 3. The lowest BCUT2D eigenvalue weighted by Crippen LogP contribution is -2.47. The average molecular weight is 505 g/mol. The number of aryl methyl sites for hydroxylation is 1. The van der Waals surface area contributed by atoms with E-state index in [1.807, 2.05) is 30.3 Å². The van der Waals surface area contributed by atoms with Crippen molar-refractivity contribution in [2.45, 2.75) is 32.0 Å². The number of hydrogen-bond donors (Lipinski definition) is 0. The Kier molecular flexibility index (Phi) is 6.76. The molecule has 188 valence electrons. The van der Waals surface area contributed by atoms with Crippen LogP contribution >= 0.6 is 0 Å². The summed E-state index contributed by atoms with van der Waals surface area (Å²) in [6.45, 7) is 0.173. The van der Waals surface area contributed by atoms with Gasteiger partial charge in [0.05, 0.1) is 12.1 Å². The first-order chi connectivity index (χ1) is 17.9. The van der Waals surface area contributed by atoms with Gasteiger partial charge in [-0.1, -0.05) is 48.5 Å². The Hall–Kier alpha value is -4.40. The van der Waals surface area contributed by atoms with Crippen LogP contribution in [0.1, 0.15) is 28.2 Å². The summed E-state index contributed by atoms with van der Waals surface area (Å²) in [5.74, 6) is 0.396. The van der Waals surface area contributed by atoms with Gasteiger partial charge in [-0.25, -0.2) is 9.97 Å². The summed E-state index contributed by atoms with van der Waals surface area (Å²) in [5, 5.41) is 0. The van der Waals surface area contributed by atoms with E-state index in [0.717, 1.165) is 5.56 Å². The fourth-order valence-corrected chi connectivity index (χ4v) is 4.21. The molecule has 2 heterocycles. The number of carbonyl (C=O) groups excluding carboxylic acids is 1. The number of ether oxygens (including phenoxy) is 2. The zero-order valence-electron chi connectivity index (χ0n) is 19.6. The molecule has 0 N–H and O–H groups in total. The van der Waals surface area contributed by atoms with Crippen LogP contribution in [0.2, 0.25) is 0 Å². The number of nitrogens with zero attached hydrogens (tertiary/aromatic N) is 3. The molecule has 1 atom stereocenters. The average Bonchev–Trinajstić information content (AvgIpc) is 2.90. The summed E-state index contributed by atoms with van der Waals surface area (Å²) < 4.78 is 47.7. The second kappa shape index (κ2) is 10.3. The van der Waals surface area contributed by atoms with Gasteiger partial charge in [0.25, 0.3) is 5.91 Å². The topological polar surface area (TPSA) is 64.6 Å². The number of fused-ring (bicyclic) bond motifs is 1. The van der Waals surface area contributed by atoms with Crippen LogP contribution in [0.5, 0.6) is 11.5 Å². The highest BCUT2D eigenvalue weighted by Crippen LogP contribution is 2.35. The lowest BCUT2D eigenvalue weighted by atomic mass is 10.00. The minimum atomic E-state index is -4.76. The van der Waals surface area contributed by atoms with Gasteiger partial charge in [0.15, 0.2) is 6.23 Å². The zero-order chi connectivity index (χ0) is 25.8. The van der Waals surface area contributed by atoms with E-state index in [-0.39, 0.29) is 18.2 Å². The van der Waals surface area contributed by atoms with E-state index in [2.05, 4.69) is 14.7 Å². The van der Waals surface area contributed by atoms with Crippen molar-refractivity contribution < 1.29 is 27.4 Å². The second-order valence-electron chi connectivity index (χ2n) is 8.48. The molecule has 1 aliphatic rings. The molecular weight excluding hydrogens is 483 g/mol. The molecule has 9 heteroatoms. The monoisotopic (exact) mass is 505 g/mol. The van der Waals surface area contributed by atoms with E-state index >= 15 is 0 Å². The number of rotatable bonds is 7. The van der Waals surface area contributed by atoms with E-state index in [0.29, 0.717) is 41.1 Å². The summed E-state index contributed by atoms with van der Waals surface area (Å²) in [6.07, 6.45) is -0.757. The van der Waals surface area contributed by atoms with E-state index in [1.165, 1.54) is 24.3 Å². The SMILES string of the molecule is O=C1c2cc(-c3ccc(OC(F)(F)F)cc3)ccc2OC(CCc2ccccc2)N1Cc1ncccn1. The van der Waals surface area contributed by atoms with Crippen molar-refractivity contribution in [3.8, 4) is 22.6 Å². The quantitative estimate of drug-likeness (QED) is 0.307. The third kappa shape index (κ3) is 5.88. The number of benzene rings is 3. The summed E-state index contributed by atoms with van der Waals surface area (Å²) in [6, 6.07) is 22.3. The number of amides is 1. The van der Waals surface area contributed by atoms with E-state index in [4.69, 9.17) is 4.74 Å². The van der Waals surface area contributed by atoms with Crippen molar-refractivity contribution in [3.05, 3.63) is 108 Å². The van der Waals surface area contributed by atoms with Crippen LogP contribution in [0.25, 0.3) is 11.1 Å². The fourth-order valence-electron chi connectivity index (χ4n) is 4.21. The third-order valence-electron chi connectivity index (χ3n) is 5.96. The molecule has 0 radical (unpaired) electrons. The molecule has 0 spiro atoms. The molecule has 1 aliphatic heterocycles. The Bertz CT molecular complexity index is 1360. The van der Waals surface area contributed by atoms with Gasteiger partial charge in [-0.15, -0.1) is 13.2 Å². The molecule has 4 aromatic rings. The molecule has 1 amide bonds. The maximum atomic E-state index is 13.7. The maximum absolute atomic E-state index is 13.7. The first-order valence-corrected chi connectivity index (χ1v) is 11.6. The van der Waals surface area contributed by atoms with Crippen LogP contribution in [0.3, 0.4) is 0 Å². The van der Waals surface area contributed by atoms with Crippen LogP contribution in [-0.4, -0.2) is 33.4 Å². The standard InChI is InChI=1S/C28H22F3N3O3/c29-28(30,31)37-22-11-8-20(9-12-22)21-10-13-24-23(17-21)27(35)34(18-25-32-15-4-16-33-25)26(36-24)14-7-19-5-2-1-3-6-19/h1-6,8-13,15-17,26H,7,14,18H2. The molecular formula is C28H22F3N3O3. The number of carbonyl (C=O) groups is 1. The molecule has 0 saturated carbocycles. The Morgan fingerprint density at radius 3 is 2.30 bits per heavy atom. The lowest BCUT2D eigenvalue weighted by Gasteiger charge is -2.36. The van der Waals surface area contributed by atoms with E-state index < -0.39 is 12.6 Å². The Morgan fingerprint density at radius 2 is 1.59 bits per heavy atom. The molecule has 0 saturated heterocycles. The van der Waals surface area contributed by atoms with Gasteiger partial charge >= 0.3 is 6.36 Å².